The van der Waals surface area contributed by atoms with Gasteiger partial charge in [0.05, 0.1) is 16.0 Å². The molecule has 0 aliphatic carbocycles. The third kappa shape index (κ3) is 11.9. The van der Waals surface area contributed by atoms with Gasteiger partial charge in [-0.15, -0.1) is 5.10 Å². The van der Waals surface area contributed by atoms with Crippen LogP contribution in [0, 0.1) is 10.1 Å². The van der Waals surface area contributed by atoms with Crippen LogP contribution in [-0.4, -0.2) is 97.7 Å². The number of hydrogen-bond acceptors (Lipinski definition) is 11. The number of nitrogens with one attached hydrogen (secondary N) is 2. The molecule has 0 spiro atoms. The Labute approximate surface area is 355 Å². The molecule has 1 atom stereocenters. The predicted octanol–water partition coefficient (Wildman–Crippen LogP) is 8.75. The first-order valence-electron chi connectivity index (χ1n) is 19.3. The topological polar surface area (TPSA) is 137 Å². The molecule has 308 valence electrons. The van der Waals surface area contributed by atoms with Crippen molar-refractivity contribution in [3.05, 3.63) is 149 Å². The quantitative estimate of drug-likeness (QED) is 0.0357. The number of aromatic nitrogens is 2. The third-order valence-electron chi connectivity index (χ3n) is 9.97. The van der Waals surface area contributed by atoms with E-state index >= 15 is 0 Å². The standard InChI is InChI=1S/C44H49ClN8O4S2/c1-4-5-6-7-10-27-58-32-37(21-22-50(2)3)47-42-20-18-39(29-43(42)53(54)55)59(56,57)49-44-41-19-17-38(28-35(41)30-46-48-44)52-25-23-51(24-26-52)31-34-11-8-9-12-40(34)33-13-15-36(45)16-14-33/h4-20,28-30,37,47H,1,21-27,31-32H2,2-3H3,(H,48,49)/b6-5-,10-7-/t37-/m1/s1. The van der Waals surface area contributed by atoms with E-state index in [4.69, 9.17) is 11.6 Å². The van der Waals surface area contributed by atoms with Crippen molar-refractivity contribution in [1.82, 2.24) is 20.0 Å². The molecule has 1 aliphatic rings. The van der Waals surface area contributed by atoms with Crippen LogP contribution in [0.4, 0.5) is 22.9 Å². The van der Waals surface area contributed by atoms with Crippen LogP contribution in [0.3, 0.4) is 0 Å². The third-order valence-corrected chi connectivity index (χ3v) is 12.6. The lowest BCUT2D eigenvalue weighted by molar-refractivity contribution is -0.384. The summed E-state index contributed by atoms with van der Waals surface area (Å²) in [5, 5.41) is 25.8. The molecule has 0 radical (unpaired) electrons. The van der Waals surface area contributed by atoms with Gasteiger partial charge in [0.25, 0.3) is 15.7 Å². The maximum Gasteiger partial charge on any atom is 0.293 e. The van der Waals surface area contributed by atoms with Gasteiger partial charge in [-0.3, -0.25) is 19.7 Å². The molecule has 4 aromatic carbocycles. The molecule has 1 aliphatic heterocycles. The lowest BCUT2D eigenvalue weighted by atomic mass is 9.99. The van der Waals surface area contributed by atoms with Gasteiger partial charge in [0, 0.05) is 77.8 Å². The second-order valence-corrected chi connectivity index (χ2v) is 17.6. The fourth-order valence-electron chi connectivity index (χ4n) is 6.85. The number of halogens is 1. The average molecular weight is 854 g/mol. The Morgan fingerprint density at radius 3 is 2.53 bits per heavy atom. The molecule has 2 heterocycles. The number of rotatable bonds is 19. The van der Waals surface area contributed by atoms with Crippen LogP contribution in [0.5, 0.6) is 0 Å². The van der Waals surface area contributed by atoms with Gasteiger partial charge in [-0.25, -0.2) is 8.42 Å². The first-order chi connectivity index (χ1) is 28.5. The second kappa shape index (κ2) is 20.6. The van der Waals surface area contributed by atoms with Crippen LogP contribution in [0.2, 0.25) is 5.02 Å². The number of nitro groups is 1. The molecule has 1 aromatic heterocycles. The molecule has 12 nitrogen and oxygen atoms in total. The van der Waals surface area contributed by atoms with E-state index in [2.05, 4.69) is 77.9 Å². The summed E-state index contributed by atoms with van der Waals surface area (Å²) >= 11 is 7.84. The van der Waals surface area contributed by atoms with Gasteiger partial charge in [-0.1, -0.05) is 85.0 Å². The van der Waals surface area contributed by atoms with Gasteiger partial charge in [0.1, 0.15) is 5.69 Å². The van der Waals surface area contributed by atoms with Crippen molar-refractivity contribution in [3.8, 4) is 11.1 Å². The molecule has 0 saturated carbocycles. The summed E-state index contributed by atoms with van der Waals surface area (Å²) in [7, 11) is -0.330. The van der Waals surface area contributed by atoms with Crippen LogP contribution < -0.4 is 14.9 Å². The minimum absolute atomic E-state index is 0.0397. The van der Waals surface area contributed by atoms with Crippen LogP contribution in [-0.2, 0) is 16.6 Å². The van der Waals surface area contributed by atoms with Crippen molar-refractivity contribution in [1.29, 1.82) is 0 Å². The molecular formula is C44H49ClN8O4S2. The number of thioether (sulfide) groups is 1. The van der Waals surface area contributed by atoms with E-state index in [0.717, 1.165) is 68.8 Å². The highest BCUT2D eigenvalue weighted by Crippen LogP contribution is 2.32. The summed E-state index contributed by atoms with van der Waals surface area (Å²) in [5.41, 5.74) is 4.52. The van der Waals surface area contributed by atoms with Crippen LogP contribution >= 0.6 is 23.4 Å². The highest BCUT2D eigenvalue weighted by molar-refractivity contribution is 7.99. The minimum atomic E-state index is -4.28. The van der Waals surface area contributed by atoms with E-state index in [1.54, 1.807) is 24.0 Å². The summed E-state index contributed by atoms with van der Waals surface area (Å²) in [4.78, 5) is 18.3. The monoisotopic (exact) mass is 852 g/mol. The Kier molecular flexibility index (Phi) is 15.2. The Balaban J connectivity index is 1.11. The highest BCUT2D eigenvalue weighted by atomic mass is 35.5. The van der Waals surface area contributed by atoms with E-state index in [9.17, 15) is 18.5 Å². The van der Waals surface area contributed by atoms with E-state index in [-0.39, 0.29) is 28.1 Å². The van der Waals surface area contributed by atoms with Crippen molar-refractivity contribution in [3.63, 3.8) is 0 Å². The van der Waals surface area contributed by atoms with Crippen molar-refractivity contribution in [2.24, 2.45) is 0 Å². The molecule has 5 aromatic rings. The van der Waals surface area contributed by atoms with E-state index in [1.165, 1.54) is 23.3 Å². The largest absolute Gasteiger partial charge is 0.376 e. The first kappa shape index (κ1) is 43.3. The van der Waals surface area contributed by atoms with Gasteiger partial charge < -0.3 is 15.1 Å². The lowest BCUT2D eigenvalue weighted by Crippen LogP contribution is -2.46. The summed E-state index contributed by atoms with van der Waals surface area (Å²) in [6, 6.07) is 26.0. The molecule has 0 amide bonds. The Hall–Kier alpha value is -5.25. The smallest absolute Gasteiger partial charge is 0.293 e. The molecule has 59 heavy (non-hydrogen) atoms. The Morgan fingerprint density at radius 1 is 1.00 bits per heavy atom. The SMILES string of the molecule is C=C/C=C\C=C/CSC[C@@H](CCN(C)C)Nc1ccc(S(=O)(=O)Nc2nncc3cc(N4CCN(Cc5ccccc5-c5ccc(Cl)cc5)CC4)ccc23)cc1[N+](=O)[O-]. The Morgan fingerprint density at radius 2 is 1.78 bits per heavy atom. The number of sulfonamides is 1. The normalized spacial score (nSPS) is 14.3. The number of hydrogen-bond donors (Lipinski definition) is 2. The summed E-state index contributed by atoms with van der Waals surface area (Å²) in [6.45, 7) is 8.63. The molecule has 15 heteroatoms. The number of nitro benzene ring substituents is 1. The number of nitrogens with zero attached hydrogens (tertiary/aromatic N) is 6. The number of fused-ring (bicyclic) bond motifs is 1. The molecule has 2 N–H and O–H groups in total. The average Bonchev–Trinajstić information content (AvgIpc) is 3.23. The van der Waals surface area contributed by atoms with Crippen molar-refractivity contribution in [2.75, 3.05) is 73.3 Å². The first-order valence-corrected chi connectivity index (χ1v) is 22.3. The number of piperazine rings is 1. The number of allylic oxidation sites excluding steroid dienone is 4. The zero-order valence-corrected chi connectivity index (χ0v) is 35.6. The molecule has 1 fully saturated rings. The van der Waals surface area contributed by atoms with E-state index in [0.29, 0.717) is 21.5 Å². The van der Waals surface area contributed by atoms with Crippen molar-refractivity contribution < 1.29 is 13.3 Å². The van der Waals surface area contributed by atoms with Crippen LogP contribution in [0.1, 0.15) is 12.0 Å². The predicted molar refractivity (Wildman–Crippen MR) is 244 cm³/mol. The Bertz CT molecular complexity index is 2400. The molecule has 1 saturated heterocycles. The molecular weight excluding hydrogens is 804 g/mol. The van der Waals surface area contributed by atoms with E-state index < -0.39 is 14.9 Å². The zero-order chi connectivity index (χ0) is 41.8. The van der Waals surface area contributed by atoms with Gasteiger partial charge >= 0.3 is 0 Å². The van der Waals surface area contributed by atoms with Crippen molar-refractivity contribution >= 4 is 67.0 Å². The maximum absolute atomic E-state index is 13.7. The molecule has 6 rings (SSSR count). The zero-order valence-electron chi connectivity index (χ0n) is 33.2. The fraction of sp³-hybridized carbons (Fsp3) is 0.273. The van der Waals surface area contributed by atoms with E-state index in [1.807, 2.05) is 68.7 Å². The maximum atomic E-state index is 13.7. The van der Waals surface area contributed by atoms with Crippen molar-refractivity contribution in [2.45, 2.75) is 23.9 Å². The van der Waals surface area contributed by atoms with Gasteiger partial charge in [0.15, 0.2) is 5.82 Å². The lowest BCUT2D eigenvalue weighted by Gasteiger charge is -2.36. The summed E-state index contributed by atoms with van der Waals surface area (Å²) in [5.74, 6) is 1.50. The summed E-state index contributed by atoms with van der Waals surface area (Å²) in [6.07, 6.45) is 11.8. The van der Waals surface area contributed by atoms with Crippen LogP contribution in [0.25, 0.3) is 21.9 Å². The molecule has 0 bridgehead atoms. The summed E-state index contributed by atoms with van der Waals surface area (Å²) < 4.78 is 30.0. The van der Waals surface area contributed by atoms with Gasteiger partial charge in [0.2, 0.25) is 0 Å². The number of anilines is 3. The van der Waals surface area contributed by atoms with Crippen LogP contribution in [0.15, 0.2) is 133 Å². The van der Waals surface area contributed by atoms with Gasteiger partial charge in [-0.05, 0) is 86.2 Å². The fourth-order valence-corrected chi connectivity index (χ4v) is 8.93. The molecule has 0 unspecified atom stereocenters. The highest BCUT2D eigenvalue weighted by Gasteiger charge is 2.25. The second-order valence-electron chi connectivity index (χ2n) is 14.5. The minimum Gasteiger partial charge on any atom is -0.376 e. The number of benzene rings is 4. The van der Waals surface area contributed by atoms with Gasteiger partial charge in [-0.2, -0.15) is 16.9 Å².